The zero-order chi connectivity index (χ0) is 33.1. The van der Waals surface area contributed by atoms with E-state index in [0.29, 0.717) is 17.8 Å². The van der Waals surface area contributed by atoms with Gasteiger partial charge in [-0.25, -0.2) is 4.98 Å². The molecule has 0 saturated heterocycles. The van der Waals surface area contributed by atoms with Crippen LogP contribution < -0.4 is 16.2 Å². The summed E-state index contributed by atoms with van der Waals surface area (Å²) in [6.45, 7) is 6.11. The van der Waals surface area contributed by atoms with Gasteiger partial charge >= 0.3 is 0 Å². The van der Waals surface area contributed by atoms with Crippen LogP contribution in [0.3, 0.4) is 0 Å². The number of carbonyl (C=O) groups is 2. The Morgan fingerprint density at radius 1 is 1.04 bits per heavy atom. The summed E-state index contributed by atoms with van der Waals surface area (Å²) < 4.78 is 1.51. The average Bonchev–Trinajstić information content (AvgIpc) is 3.48. The standard InChI is InChI=1S/C36H44N6O3S/c1-22(2)42(7)30(35(44)40(4)5)19-24-15-17-26(18-16-24)37-33-36(45)41(6)21-29(38-33)27-12-10-13-28(23(27)3)39-34(43)32-20-25-11-8-9-14-31(25)46-32/h10,12-13,15-18,20-22,30H,8-9,11,14,19H2,1-7H3,(H,37,38)(H,39,43). The highest BCUT2D eigenvalue weighted by atomic mass is 32.1. The van der Waals surface area contributed by atoms with Crippen LogP contribution in [0.2, 0.25) is 0 Å². The summed E-state index contributed by atoms with van der Waals surface area (Å²) in [5.74, 6) is 0.158. The minimum absolute atomic E-state index is 0.0621. The summed E-state index contributed by atoms with van der Waals surface area (Å²) in [4.78, 5) is 49.8. The Kier molecular flexibility index (Phi) is 10.1. The SMILES string of the molecule is Cc1c(NC(=O)c2cc3c(s2)CCCC3)cccc1-c1cn(C)c(=O)c(Nc2ccc(CC(C(=O)N(C)C)N(C)C(C)C)cc2)n1. The molecule has 0 aliphatic heterocycles. The lowest BCUT2D eigenvalue weighted by Gasteiger charge is -2.32. The maximum atomic E-state index is 13.2. The average molecular weight is 641 g/mol. The summed E-state index contributed by atoms with van der Waals surface area (Å²) in [5, 5.41) is 6.30. The fraction of sp³-hybridized carbons (Fsp3) is 0.389. The first-order valence-electron chi connectivity index (χ1n) is 15.8. The number of aromatic nitrogens is 2. The Hall–Kier alpha value is -4.28. The number of nitrogens with zero attached hydrogens (tertiary/aromatic N) is 4. The number of thiophene rings is 1. The molecule has 2 amide bonds. The van der Waals surface area contributed by atoms with Crippen LogP contribution in [0.1, 0.15) is 57.9 Å². The molecule has 1 unspecified atom stereocenters. The Balaban J connectivity index is 1.35. The number of fused-ring (bicyclic) bond motifs is 1. The van der Waals surface area contributed by atoms with E-state index in [1.54, 1.807) is 43.6 Å². The third kappa shape index (κ3) is 7.24. The van der Waals surface area contributed by atoms with E-state index in [9.17, 15) is 14.4 Å². The molecule has 2 heterocycles. The Labute approximate surface area is 275 Å². The molecule has 1 aliphatic carbocycles. The van der Waals surface area contributed by atoms with Crippen LogP contribution in [0.4, 0.5) is 17.2 Å². The van der Waals surface area contributed by atoms with Crippen molar-refractivity contribution in [3.05, 3.63) is 91.5 Å². The minimum Gasteiger partial charge on any atom is -0.347 e. The van der Waals surface area contributed by atoms with Crippen LogP contribution in [0.25, 0.3) is 11.3 Å². The Morgan fingerprint density at radius 2 is 1.76 bits per heavy atom. The lowest BCUT2D eigenvalue weighted by molar-refractivity contribution is -0.134. The molecule has 2 aromatic carbocycles. The van der Waals surface area contributed by atoms with Crippen molar-refractivity contribution in [2.24, 2.45) is 7.05 Å². The molecule has 9 nitrogen and oxygen atoms in total. The smallest absolute Gasteiger partial charge is 0.293 e. The minimum atomic E-state index is -0.279. The first kappa shape index (κ1) is 33.1. The number of aryl methyl sites for hydroxylation is 3. The van der Waals surface area contributed by atoms with Crippen molar-refractivity contribution in [3.8, 4) is 11.3 Å². The van der Waals surface area contributed by atoms with Gasteiger partial charge in [-0.05, 0) is 101 Å². The van der Waals surface area contributed by atoms with E-state index < -0.39 is 0 Å². The van der Waals surface area contributed by atoms with Crippen LogP contribution in [0.5, 0.6) is 0 Å². The molecule has 0 fully saturated rings. The summed E-state index contributed by atoms with van der Waals surface area (Å²) in [6.07, 6.45) is 6.74. The van der Waals surface area contributed by atoms with Crippen molar-refractivity contribution in [1.82, 2.24) is 19.4 Å². The maximum absolute atomic E-state index is 13.2. The lowest BCUT2D eigenvalue weighted by Crippen LogP contribution is -2.48. The molecule has 1 aliphatic rings. The highest BCUT2D eigenvalue weighted by Crippen LogP contribution is 2.32. The summed E-state index contributed by atoms with van der Waals surface area (Å²) in [6, 6.07) is 15.5. The van der Waals surface area contributed by atoms with Gasteiger partial charge in [-0.15, -0.1) is 11.3 Å². The molecule has 0 radical (unpaired) electrons. The molecular weight excluding hydrogens is 597 g/mol. The predicted molar refractivity (Wildman–Crippen MR) is 187 cm³/mol. The number of hydrogen-bond acceptors (Lipinski definition) is 7. The van der Waals surface area contributed by atoms with Gasteiger partial charge in [0, 0.05) is 55.2 Å². The van der Waals surface area contributed by atoms with Crippen LogP contribution in [0.15, 0.2) is 59.5 Å². The lowest BCUT2D eigenvalue weighted by atomic mass is 9.99. The molecule has 0 bridgehead atoms. The first-order valence-corrected chi connectivity index (χ1v) is 16.6. The highest BCUT2D eigenvalue weighted by Gasteiger charge is 2.27. The van der Waals surface area contributed by atoms with Gasteiger partial charge in [0.1, 0.15) is 0 Å². The van der Waals surface area contributed by atoms with Gasteiger partial charge in [-0.2, -0.15) is 0 Å². The zero-order valence-corrected chi connectivity index (χ0v) is 28.6. The van der Waals surface area contributed by atoms with Gasteiger partial charge in [0.25, 0.3) is 11.5 Å². The van der Waals surface area contributed by atoms with E-state index in [2.05, 4.69) is 29.4 Å². The van der Waals surface area contributed by atoms with Crippen LogP contribution in [-0.2, 0) is 31.1 Å². The van der Waals surface area contributed by atoms with E-state index >= 15 is 0 Å². The molecular formula is C36H44N6O3S. The van der Waals surface area contributed by atoms with E-state index in [1.807, 2.05) is 62.5 Å². The molecule has 0 spiro atoms. The van der Waals surface area contributed by atoms with Crippen molar-refractivity contribution in [2.75, 3.05) is 31.8 Å². The van der Waals surface area contributed by atoms with Crippen LogP contribution in [0, 0.1) is 6.92 Å². The molecule has 4 aromatic rings. The molecule has 0 saturated carbocycles. The number of nitrogens with one attached hydrogen (secondary N) is 2. The van der Waals surface area contributed by atoms with Crippen molar-refractivity contribution < 1.29 is 9.59 Å². The molecule has 2 aromatic heterocycles. The monoisotopic (exact) mass is 640 g/mol. The number of carbonyl (C=O) groups excluding carboxylic acids is 2. The fourth-order valence-corrected chi connectivity index (χ4v) is 6.95. The third-order valence-corrected chi connectivity index (χ3v) is 10.1. The van der Waals surface area contributed by atoms with Crippen LogP contribution in [-0.4, -0.2) is 64.4 Å². The number of hydrogen-bond donors (Lipinski definition) is 2. The number of amides is 2. The number of rotatable bonds is 10. The van der Waals surface area contributed by atoms with Crippen molar-refractivity contribution in [3.63, 3.8) is 0 Å². The molecule has 2 N–H and O–H groups in total. The second-order valence-electron chi connectivity index (χ2n) is 12.6. The highest BCUT2D eigenvalue weighted by molar-refractivity contribution is 7.14. The summed E-state index contributed by atoms with van der Waals surface area (Å²) in [7, 11) is 7.24. The molecule has 46 heavy (non-hydrogen) atoms. The Bertz CT molecular complexity index is 1770. The van der Waals surface area contributed by atoms with E-state index in [0.717, 1.165) is 40.1 Å². The molecule has 5 rings (SSSR count). The zero-order valence-electron chi connectivity index (χ0n) is 27.8. The first-order chi connectivity index (χ1) is 21.9. The van der Waals surface area contributed by atoms with Gasteiger partial charge in [0.05, 0.1) is 16.6 Å². The molecule has 242 valence electrons. The van der Waals surface area contributed by atoms with Crippen molar-refractivity contribution >= 4 is 40.3 Å². The normalized spacial score (nSPS) is 13.4. The van der Waals surface area contributed by atoms with E-state index in [4.69, 9.17) is 4.98 Å². The van der Waals surface area contributed by atoms with Crippen molar-refractivity contribution in [1.29, 1.82) is 0 Å². The largest absolute Gasteiger partial charge is 0.347 e. The van der Waals surface area contributed by atoms with Gasteiger partial charge in [0.15, 0.2) is 5.82 Å². The Morgan fingerprint density at radius 3 is 2.43 bits per heavy atom. The number of anilines is 3. The maximum Gasteiger partial charge on any atom is 0.293 e. The molecule has 1 atom stereocenters. The number of benzene rings is 2. The van der Waals surface area contributed by atoms with Crippen LogP contribution >= 0.6 is 11.3 Å². The van der Waals surface area contributed by atoms with Crippen molar-refractivity contribution in [2.45, 2.75) is 65.0 Å². The van der Waals surface area contributed by atoms with Gasteiger partial charge in [0.2, 0.25) is 5.91 Å². The predicted octanol–water partition coefficient (Wildman–Crippen LogP) is 6.03. The van der Waals surface area contributed by atoms with Gasteiger partial charge in [-0.1, -0.05) is 24.3 Å². The second-order valence-corrected chi connectivity index (χ2v) is 13.8. The number of likely N-dealkylation sites (N-methyl/N-ethyl adjacent to an activating group) is 2. The van der Waals surface area contributed by atoms with E-state index in [1.165, 1.54) is 27.8 Å². The topological polar surface area (TPSA) is 99.6 Å². The third-order valence-electron chi connectivity index (χ3n) is 8.83. The van der Waals surface area contributed by atoms with Gasteiger partial charge < -0.3 is 20.1 Å². The second kappa shape index (κ2) is 14.0. The quantitative estimate of drug-likeness (QED) is 0.220. The summed E-state index contributed by atoms with van der Waals surface area (Å²) >= 11 is 1.59. The summed E-state index contributed by atoms with van der Waals surface area (Å²) in [5.41, 5.74) is 5.80. The molecule has 10 heteroatoms. The fourth-order valence-electron chi connectivity index (χ4n) is 5.80. The van der Waals surface area contributed by atoms with Gasteiger partial charge in [-0.3, -0.25) is 19.3 Å². The van der Waals surface area contributed by atoms with E-state index in [-0.39, 0.29) is 35.3 Å².